The van der Waals surface area contributed by atoms with Gasteiger partial charge >= 0.3 is 0 Å². The Bertz CT molecular complexity index is 806. The number of rotatable bonds is 0. The molecule has 14 heavy (non-hydrogen) atoms. The summed E-state index contributed by atoms with van der Waals surface area (Å²) in [6.07, 6.45) is 0. The Hall–Kier alpha value is -0.950. The first kappa shape index (κ1) is 3.28. The molecule has 0 fully saturated rings. The molecule has 0 atom stereocenters. The van der Waals surface area contributed by atoms with E-state index >= 15 is 0 Å². The van der Waals surface area contributed by atoms with Gasteiger partial charge in [0.25, 0.3) is 0 Å². The Labute approximate surface area is 101 Å². The average molecular weight is 209 g/mol. The van der Waals surface area contributed by atoms with Crippen LogP contribution in [0.3, 0.4) is 0 Å². The van der Waals surface area contributed by atoms with Gasteiger partial charge in [-0.2, -0.15) is 11.8 Å². The van der Waals surface area contributed by atoms with Crippen molar-refractivity contribution in [2.45, 2.75) is 18.3 Å². The topological polar surface area (TPSA) is 0 Å². The fourth-order valence-corrected chi connectivity index (χ4v) is 2.15. The molecule has 1 aliphatic rings. The number of hydrogen-bond donors (Lipinski definition) is 0. The maximum atomic E-state index is 8.18. The summed E-state index contributed by atoms with van der Waals surface area (Å²) in [5.41, 5.74) is -4.37. The molecular formula is C13H12S. The van der Waals surface area contributed by atoms with E-state index in [0.29, 0.717) is 11.8 Å². The van der Waals surface area contributed by atoms with Crippen molar-refractivity contribution in [3.8, 4) is 0 Å². The third-order valence-corrected chi connectivity index (χ3v) is 2.79. The van der Waals surface area contributed by atoms with E-state index in [2.05, 4.69) is 0 Å². The van der Waals surface area contributed by atoms with Gasteiger partial charge in [0.05, 0.1) is 6.85 Å². The summed E-state index contributed by atoms with van der Waals surface area (Å²) >= 11 is 0.377. The normalized spacial score (nSPS) is 31.1. The maximum absolute atomic E-state index is 8.18. The van der Waals surface area contributed by atoms with Crippen LogP contribution < -0.4 is 0 Å². The zero-order chi connectivity index (χ0) is 17.5. The van der Waals surface area contributed by atoms with Gasteiger partial charge in [-0.15, -0.1) is 0 Å². The predicted octanol–water partition coefficient (Wildman–Crippen LogP) is 3.90. The molecule has 0 unspecified atom stereocenters. The summed E-state index contributed by atoms with van der Waals surface area (Å²) in [4.78, 5) is 0. The minimum atomic E-state index is -2.27. The lowest BCUT2D eigenvalue weighted by Crippen LogP contribution is -1.98. The lowest BCUT2D eigenvalue weighted by atomic mass is 9.97. The fraction of sp³-hybridized carbons (Fsp3) is 0.231. The summed E-state index contributed by atoms with van der Waals surface area (Å²) in [6, 6.07) is -1.99. The summed E-state index contributed by atoms with van der Waals surface area (Å²) in [5, 5.41) is -0.122. The zero-order valence-electron chi connectivity index (χ0n) is 16.4. The van der Waals surface area contributed by atoms with Crippen LogP contribution in [0.5, 0.6) is 0 Å². The van der Waals surface area contributed by atoms with Crippen molar-refractivity contribution in [1.82, 2.24) is 0 Å². The molecule has 0 bridgehead atoms. The first-order chi connectivity index (χ1) is 10.4. The largest absolute Gasteiger partial charge is 0.152 e. The Morgan fingerprint density at radius 2 is 2.21 bits per heavy atom. The SMILES string of the molecule is [2H]c1c([2H])c2c3c(c(C)c([2H])c([2H])c3c1[2H])C([2H])([2H])SC2([2H])[2H]. The maximum Gasteiger partial charge on any atom is 0.0629 e. The molecule has 0 amide bonds. The van der Waals surface area contributed by atoms with E-state index in [1.54, 1.807) is 0 Å². The van der Waals surface area contributed by atoms with E-state index in [9.17, 15) is 0 Å². The van der Waals surface area contributed by atoms with Crippen LogP contribution in [0.25, 0.3) is 10.8 Å². The Morgan fingerprint density at radius 1 is 1.29 bits per heavy atom. The van der Waals surface area contributed by atoms with Gasteiger partial charge in [0.15, 0.2) is 0 Å². The van der Waals surface area contributed by atoms with Gasteiger partial charge in [0.1, 0.15) is 0 Å². The monoisotopic (exact) mass is 209 g/mol. The second-order valence-corrected chi connectivity index (χ2v) is 3.67. The van der Waals surface area contributed by atoms with Crippen molar-refractivity contribution in [2.75, 3.05) is 0 Å². The molecule has 3 rings (SSSR count). The number of hydrogen-bond acceptors (Lipinski definition) is 1. The van der Waals surface area contributed by atoms with Crippen LogP contribution in [0.2, 0.25) is 0 Å². The van der Waals surface area contributed by atoms with Crippen LogP contribution in [-0.2, 0) is 11.4 Å². The predicted molar refractivity (Wildman–Crippen MR) is 63.7 cm³/mol. The second kappa shape index (κ2) is 3.03. The fourth-order valence-electron chi connectivity index (χ4n) is 1.49. The van der Waals surface area contributed by atoms with Gasteiger partial charge in [0.2, 0.25) is 0 Å². The van der Waals surface area contributed by atoms with Crippen LogP contribution in [-0.4, -0.2) is 0 Å². The van der Waals surface area contributed by atoms with Gasteiger partial charge in [-0.25, -0.2) is 0 Å². The third-order valence-electron chi connectivity index (χ3n) is 2.18. The highest BCUT2D eigenvalue weighted by molar-refractivity contribution is 7.97. The van der Waals surface area contributed by atoms with Crippen LogP contribution in [0.15, 0.2) is 30.2 Å². The van der Waals surface area contributed by atoms with Gasteiger partial charge in [0, 0.05) is 16.9 Å². The van der Waals surface area contributed by atoms with Gasteiger partial charge in [-0.1, -0.05) is 30.2 Å². The molecule has 2 aromatic rings. The molecule has 0 nitrogen and oxygen atoms in total. The van der Waals surface area contributed by atoms with Crippen molar-refractivity contribution < 1.29 is 12.3 Å². The highest BCUT2D eigenvalue weighted by Crippen LogP contribution is 2.35. The number of benzene rings is 2. The second-order valence-electron chi connectivity index (χ2n) is 3.06. The van der Waals surface area contributed by atoms with Gasteiger partial charge in [-0.3, -0.25) is 0 Å². The minimum absolute atomic E-state index is 0.00301. The van der Waals surface area contributed by atoms with E-state index in [-0.39, 0.29) is 39.5 Å². The molecule has 1 aliphatic heterocycles. The van der Waals surface area contributed by atoms with E-state index in [4.69, 9.17) is 12.3 Å². The average Bonchev–Trinajstić information content (AvgIpc) is 2.39. The molecule has 1 heterocycles. The third kappa shape index (κ3) is 1.09. The van der Waals surface area contributed by atoms with Crippen LogP contribution in [0, 0.1) is 6.92 Å². The van der Waals surface area contributed by atoms with Crippen molar-refractivity contribution in [3.63, 3.8) is 0 Å². The minimum Gasteiger partial charge on any atom is -0.152 e. The van der Waals surface area contributed by atoms with Crippen molar-refractivity contribution in [2.24, 2.45) is 0 Å². The van der Waals surface area contributed by atoms with E-state index in [0.717, 1.165) is 0 Å². The van der Waals surface area contributed by atoms with Crippen LogP contribution in [0.4, 0.5) is 0 Å². The van der Waals surface area contributed by atoms with E-state index in [1.807, 2.05) is 0 Å². The Kier molecular flexibility index (Phi) is 0.708. The summed E-state index contributed by atoms with van der Waals surface area (Å²) in [6.45, 7) is 1.49. The molecule has 70 valence electrons. The zero-order valence-corrected chi connectivity index (χ0v) is 8.22. The molecule has 0 saturated heterocycles. The van der Waals surface area contributed by atoms with Crippen LogP contribution in [0.1, 0.15) is 29.0 Å². The highest BCUT2D eigenvalue weighted by atomic mass is 32.2. The van der Waals surface area contributed by atoms with Crippen molar-refractivity contribution >= 4 is 22.5 Å². The molecular weight excluding hydrogens is 188 g/mol. The van der Waals surface area contributed by atoms with Crippen molar-refractivity contribution in [3.05, 3.63) is 46.9 Å². The quantitative estimate of drug-likeness (QED) is 0.634. The molecule has 1 heteroatoms. The van der Waals surface area contributed by atoms with Crippen molar-refractivity contribution in [1.29, 1.82) is 0 Å². The molecule has 0 spiro atoms. The Morgan fingerprint density at radius 3 is 3.14 bits per heavy atom. The van der Waals surface area contributed by atoms with E-state index in [1.165, 1.54) is 6.92 Å². The summed E-state index contributed by atoms with van der Waals surface area (Å²) in [5.74, 6) is 0. The smallest absolute Gasteiger partial charge is 0.0629 e. The van der Waals surface area contributed by atoms with Gasteiger partial charge in [-0.05, 0) is 34.4 Å². The molecule has 0 aliphatic carbocycles. The lowest BCUT2D eigenvalue weighted by molar-refractivity contribution is 1.29. The molecule has 0 N–H and O–H groups in total. The van der Waals surface area contributed by atoms with Gasteiger partial charge < -0.3 is 0 Å². The Balaban J connectivity index is 2.76. The molecule has 2 aromatic carbocycles. The van der Waals surface area contributed by atoms with E-state index < -0.39 is 29.5 Å². The molecule has 0 aromatic heterocycles. The van der Waals surface area contributed by atoms with Crippen LogP contribution >= 0.6 is 11.8 Å². The highest BCUT2D eigenvalue weighted by Gasteiger charge is 2.13. The number of thioether (sulfide) groups is 1. The molecule has 0 saturated carbocycles. The standard InChI is InChI=1S/C13H12S/c1-9-5-6-10-3-2-4-11-7-14-8-12(9)13(10)11/h2-6H,7-8H2,1H3/i2D,3D,4D,5D,6D,7D2,8D2. The first-order valence-corrected chi connectivity index (χ1v) is 4.97. The first-order valence-electron chi connectivity index (χ1n) is 8.66. The summed E-state index contributed by atoms with van der Waals surface area (Å²) in [7, 11) is 0. The lowest BCUT2D eigenvalue weighted by Gasteiger charge is -2.18. The molecule has 0 radical (unpaired) electrons. The summed E-state index contributed by atoms with van der Waals surface area (Å²) < 4.78 is 72.6.